The summed E-state index contributed by atoms with van der Waals surface area (Å²) in [6, 6.07) is 7.97. The zero-order valence-electron chi connectivity index (χ0n) is 10.3. The van der Waals surface area contributed by atoms with Gasteiger partial charge in [-0.2, -0.15) is 0 Å². The molecule has 0 fully saturated rings. The number of benzene rings is 1. The van der Waals surface area contributed by atoms with Crippen LogP contribution in [0, 0.1) is 0 Å². The highest BCUT2D eigenvalue weighted by Crippen LogP contribution is 2.23. The van der Waals surface area contributed by atoms with E-state index >= 15 is 0 Å². The van der Waals surface area contributed by atoms with E-state index in [9.17, 15) is 9.59 Å². The lowest BCUT2D eigenvalue weighted by Gasteiger charge is -2.11. The lowest BCUT2D eigenvalue weighted by molar-refractivity contribution is -0.106. The van der Waals surface area contributed by atoms with Gasteiger partial charge in [-0.05, 0) is 12.1 Å². The summed E-state index contributed by atoms with van der Waals surface area (Å²) in [6.45, 7) is -0.380. The standard InChI is InChI=1S/C13H10N2O5/c16-6-8-5-9(20-14-8)7-19-15-12(17)10-3-1-2-4-11(10)13(15)18/h1-5,16H,6-7H2. The lowest BCUT2D eigenvalue weighted by Crippen LogP contribution is -2.29. The summed E-state index contributed by atoms with van der Waals surface area (Å²) >= 11 is 0. The van der Waals surface area contributed by atoms with Crippen LogP contribution in [0.15, 0.2) is 34.9 Å². The number of carbonyl (C=O) groups excluding carboxylic acids is 2. The Morgan fingerprint density at radius 2 is 1.85 bits per heavy atom. The van der Waals surface area contributed by atoms with Gasteiger partial charge in [0.25, 0.3) is 11.8 Å². The molecule has 0 atom stereocenters. The predicted octanol–water partition coefficient (Wildman–Crippen LogP) is 0.895. The molecule has 2 amide bonds. The van der Waals surface area contributed by atoms with E-state index in [1.165, 1.54) is 6.07 Å². The van der Waals surface area contributed by atoms with E-state index in [-0.39, 0.29) is 13.2 Å². The number of hydrogen-bond acceptors (Lipinski definition) is 6. The summed E-state index contributed by atoms with van der Waals surface area (Å²) in [5.41, 5.74) is 0.975. The van der Waals surface area contributed by atoms with Crippen molar-refractivity contribution in [1.29, 1.82) is 0 Å². The van der Waals surface area contributed by atoms with Crippen molar-refractivity contribution in [3.05, 3.63) is 52.9 Å². The normalized spacial score (nSPS) is 13.9. The van der Waals surface area contributed by atoms with Gasteiger partial charge < -0.3 is 9.63 Å². The van der Waals surface area contributed by atoms with Crippen molar-refractivity contribution in [1.82, 2.24) is 10.2 Å². The monoisotopic (exact) mass is 274 g/mol. The number of aliphatic hydroxyl groups is 1. The summed E-state index contributed by atoms with van der Waals surface area (Å²) in [7, 11) is 0. The van der Waals surface area contributed by atoms with E-state index in [0.29, 0.717) is 27.6 Å². The summed E-state index contributed by atoms with van der Waals surface area (Å²) in [4.78, 5) is 29.1. The molecule has 102 valence electrons. The minimum Gasteiger partial charge on any atom is -0.390 e. The number of amides is 2. The predicted molar refractivity (Wildman–Crippen MR) is 64.2 cm³/mol. The molecule has 3 rings (SSSR count). The molecule has 2 aromatic rings. The molecule has 0 saturated heterocycles. The van der Waals surface area contributed by atoms with Gasteiger partial charge in [0, 0.05) is 6.07 Å². The van der Waals surface area contributed by atoms with Gasteiger partial charge in [-0.25, -0.2) is 0 Å². The highest BCUT2D eigenvalue weighted by atomic mass is 16.7. The number of carbonyl (C=O) groups is 2. The highest BCUT2D eigenvalue weighted by Gasteiger charge is 2.36. The highest BCUT2D eigenvalue weighted by molar-refractivity contribution is 6.20. The fraction of sp³-hybridized carbons (Fsp3) is 0.154. The second-order valence-electron chi connectivity index (χ2n) is 4.17. The maximum Gasteiger partial charge on any atom is 0.285 e. The van der Waals surface area contributed by atoms with E-state index in [0.717, 1.165) is 0 Å². The zero-order chi connectivity index (χ0) is 14.1. The van der Waals surface area contributed by atoms with E-state index in [2.05, 4.69) is 5.16 Å². The van der Waals surface area contributed by atoms with Gasteiger partial charge >= 0.3 is 0 Å². The SMILES string of the molecule is O=C1c2ccccc2C(=O)N1OCc1cc(CO)no1. The number of fused-ring (bicyclic) bond motifs is 1. The Hall–Kier alpha value is -2.51. The lowest BCUT2D eigenvalue weighted by atomic mass is 10.1. The van der Waals surface area contributed by atoms with Crippen molar-refractivity contribution in [2.75, 3.05) is 0 Å². The number of rotatable bonds is 4. The molecule has 7 heteroatoms. The quantitative estimate of drug-likeness (QED) is 0.832. The second kappa shape index (κ2) is 4.87. The summed E-state index contributed by atoms with van der Waals surface area (Å²) in [5.74, 6) is -0.703. The molecule has 1 aromatic heterocycles. The van der Waals surface area contributed by atoms with Gasteiger partial charge in [-0.3, -0.25) is 14.4 Å². The maximum atomic E-state index is 12.0. The Morgan fingerprint density at radius 3 is 2.40 bits per heavy atom. The Labute approximate surface area is 113 Å². The van der Waals surface area contributed by atoms with Gasteiger partial charge in [0.05, 0.1) is 17.7 Å². The molecule has 0 unspecified atom stereocenters. The molecule has 0 radical (unpaired) electrons. The number of aliphatic hydroxyl groups excluding tert-OH is 1. The average Bonchev–Trinajstić information content (AvgIpc) is 3.03. The molecule has 1 aromatic carbocycles. The first-order chi connectivity index (χ1) is 9.70. The van der Waals surface area contributed by atoms with Crippen LogP contribution in [-0.4, -0.2) is 27.1 Å². The first-order valence-corrected chi connectivity index (χ1v) is 5.87. The molecule has 1 aliphatic rings. The van der Waals surface area contributed by atoms with Crippen LogP contribution >= 0.6 is 0 Å². The first kappa shape index (κ1) is 12.5. The number of imide groups is 1. The Balaban J connectivity index is 1.73. The molecular formula is C13H10N2O5. The third-order valence-electron chi connectivity index (χ3n) is 2.86. The minimum absolute atomic E-state index is 0.127. The van der Waals surface area contributed by atoms with Crippen molar-refractivity contribution in [2.24, 2.45) is 0 Å². The molecule has 1 aliphatic heterocycles. The average molecular weight is 274 g/mol. The molecule has 0 spiro atoms. The topological polar surface area (TPSA) is 92.9 Å². The smallest absolute Gasteiger partial charge is 0.285 e. The van der Waals surface area contributed by atoms with Crippen LogP contribution in [0.2, 0.25) is 0 Å². The first-order valence-electron chi connectivity index (χ1n) is 5.87. The second-order valence-corrected chi connectivity index (χ2v) is 4.17. The number of hydrogen-bond donors (Lipinski definition) is 1. The third kappa shape index (κ3) is 1.98. The van der Waals surface area contributed by atoms with Crippen LogP contribution in [0.5, 0.6) is 0 Å². The molecule has 0 aliphatic carbocycles. The van der Waals surface area contributed by atoms with Crippen LogP contribution in [0.3, 0.4) is 0 Å². The van der Waals surface area contributed by atoms with Crippen LogP contribution in [-0.2, 0) is 18.1 Å². The Bertz CT molecular complexity index is 644. The summed E-state index contributed by atoms with van der Waals surface area (Å²) < 4.78 is 4.88. The minimum atomic E-state index is -0.507. The molecule has 2 heterocycles. The van der Waals surface area contributed by atoms with E-state index in [4.69, 9.17) is 14.5 Å². The zero-order valence-corrected chi connectivity index (χ0v) is 10.3. The Morgan fingerprint density at radius 1 is 1.20 bits per heavy atom. The third-order valence-corrected chi connectivity index (χ3v) is 2.86. The molecular weight excluding hydrogens is 264 g/mol. The van der Waals surface area contributed by atoms with Crippen LogP contribution in [0.1, 0.15) is 32.2 Å². The van der Waals surface area contributed by atoms with Gasteiger partial charge in [-0.1, -0.05) is 17.3 Å². The van der Waals surface area contributed by atoms with Crippen LogP contribution < -0.4 is 0 Å². The van der Waals surface area contributed by atoms with Gasteiger partial charge in [-0.15, -0.1) is 5.06 Å². The molecule has 20 heavy (non-hydrogen) atoms. The number of hydroxylamine groups is 2. The summed E-state index contributed by atoms with van der Waals surface area (Å²) in [5, 5.41) is 13.1. The fourth-order valence-corrected chi connectivity index (χ4v) is 1.91. The van der Waals surface area contributed by atoms with Crippen molar-refractivity contribution >= 4 is 11.8 Å². The van der Waals surface area contributed by atoms with Gasteiger partial charge in [0.15, 0.2) is 5.76 Å². The number of aromatic nitrogens is 1. The van der Waals surface area contributed by atoms with E-state index in [1.807, 2.05) is 0 Å². The van der Waals surface area contributed by atoms with E-state index in [1.54, 1.807) is 24.3 Å². The van der Waals surface area contributed by atoms with Gasteiger partial charge in [0.1, 0.15) is 12.3 Å². The van der Waals surface area contributed by atoms with Crippen molar-refractivity contribution < 1.29 is 24.1 Å². The van der Waals surface area contributed by atoms with Crippen LogP contribution in [0.25, 0.3) is 0 Å². The molecule has 1 N–H and O–H groups in total. The summed E-state index contributed by atoms with van der Waals surface area (Å²) in [6.07, 6.45) is 0. The van der Waals surface area contributed by atoms with E-state index < -0.39 is 11.8 Å². The van der Waals surface area contributed by atoms with Crippen LogP contribution in [0.4, 0.5) is 0 Å². The Kier molecular flexibility index (Phi) is 3.05. The largest absolute Gasteiger partial charge is 0.390 e. The van der Waals surface area contributed by atoms with Gasteiger partial charge in [0.2, 0.25) is 0 Å². The molecule has 0 saturated carbocycles. The van der Waals surface area contributed by atoms with Crippen molar-refractivity contribution in [3.8, 4) is 0 Å². The number of nitrogens with zero attached hydrogens (tertiary/aromatic N) is 2. The fourth-order valence-electron chi connectivity index (χ4n) is 1.91. The molecule has 0 bridgehead atoms. The maximum absolute atomic E-state index is 12.0. The molecule has 7 nitrogen and oxygen atoms in total. The van der Waals surface area contributed by atoms with Crippen molar-refractivity contribution in [3.63, 3.8) is 0 Å². The van der Waals surface area contributed by atoms with Crippen molar-refractivity contribution in [2.45, 2.75) is 13.2 Å².